The van der Waals surface area contributed by atoms with Gasteiger partial charge in [0.2, 0.25) is 0 Å². The van der Waals surface area contributed by atoms with Crippen molar-refractivity contribution >= 4 is 28.6 Å². The summed E-state index contributed by atoms with van der Waals surface area (Å²) < 4.78 is 5.92. The number of rotatable bonds is 7. The number of carboxylic acids is 1. The molecule has 170 valence electrons. The zero-order chi connectivity index (χ0) is 23.5. The highest BCUT2D eigenvalue weighted by molar-refractivity contribution is 5.99. The van der Waals surface area contributed by atoms with Crippen LogP contribution in [-0.4, -0.2) is 47.0 Å². The molecule has 0 bridgehead atoms. The first-order valence-corrected chi connectivity index (χ1v) is 10.7. The molecular formula is C25H26N4O4. The van der Waals surface area contributed by atoms with Crippen molar-refractivity contribution in [2.45, 2.75) is 24.9 Å². The van der Waals surface area contributed by atoms with Crippen molar-refractivity contribution < 1.29 is 19.4 Å². The fourth-order valence-corrected chi connectivity index (χ4v) is 4.17. The standard InChI is InChI=1S/C25H26N4O4/c26-23(27)18-4-3-16-2-1-15(11-19(16)13-18)12-22(24(30)31)17-5-7-20(8-6-17)33-21-9-10-29(14-21)25(28)32/h1-8,11,13,21-22H,9-10,12,14H2,(H3,26,27)(H2,28,32)(H,30,31)/t21-,22-/m0/s1. The lowest BCUT2D eigenvalue weighted by molar-refractivity contribution is -0.138. The van der Waals surface area contributed by atoms with E-state index in [1.165, 1.54) is 0 Å². The van der Waals surface area contributed by atoms with E-state index in [0.29, 0.717) is 42.8 Å². The van der Waals surface area contributed by atoms with Gasteiger partial charge in [-0.05, 0) is 46.5 Å². The smallest absolute Gasteiger partial charge is 0.314 e. The van der Waals surface area contributed by atoms with Gasteiger partial charge in [0.1, 0.15) is 17.7 Å². The minimum atomic E-state index is -0.908. The summed E-state index contributed by atoms with van der Waals surface area (Å²) >= 11 is 0. The number of nitrogens with two attached hydrogens (primary N) is 2. The number of hydrogen-bond acceptors (Lipinski definition) is 4. The van der Waals surface area contributed by atoms with Crippen LogP contribution < -0.4 is 16.2 Å². The summed E-state index contributed by atoms with van der Waals surface area (Å²) in [6, 6.07) is 18.0. The lowest BCUT2D eigenvalue weighted by Crippen LogP contribution is -2.35. The molecule has 0 spiro atoms. The molecule has 1 aliphatic rings. The van der Waals surface area contributed by atoms with E-state index in [0.717, 1.165) is 16.3 Å². The summed E-state index contributed by atoms with van der Waals surface area (Å²) in [5, 5.41) is 19.4. The molecule has 1 fully saturated rings. The number of primary amides is 1. The summed E-state index contributed by atoms with van der Waals surface area (Å²) in [6.07, 6.45) is 0.901. The molecule has 1 saturated heterocycles. The molecule has 2 atom stereocenters. The fourth-order valence-electron chi connectivity index (χ4n) is 4.17. The Kier molecular flexibility index (Phi) is 6.17. The van der Waals surface area contributed by atoms with E-state index in [1.807, 2.05) is 30.3 Å². The third kappa shape index (κ3) is 5.06. The number of ether oxygens (including phenoxy) is 1. The molecule has 33 heavy (non-hydrogen) atoms. The van der Waals surface area contributed by atoms with Gasteiger partial charge >= 0.3 is 12.0 Å². The lowest BCUT2D eigenvalue weighted by atomic mass is 9.91. The van der Waals surface area contributed by atoms with Gasteiger partial charge in [-0.25, -0.2) is 4.79 Å². The zero-order valence-electron chi connectivity index (χ0n) is 18.0. The zero-order valence-corrected chi connectivity index (χ0v) is 18.0. The van der Waals surface area contributed by atoms with Crippen LogP contribution in [0.5, 0.6) is 5.75 Å². The van der Waals surface area contributed by atoms with Crippen LogP contribution in [0.2, 0.25) is 0 Å². The summed E-state index contributed by atoms with van der Waals surface area (Å²) in [7, 11) is 0. The van der Waals surface area contributed by atoms with E-state index in [2.05, 4.69) is 0 Å². The molecule has 3 aromatic rings. The number of carbonyl (C=O) groups excluding carboxylic acids is 1. The Hall–Kier alpha value is -4.07. The number of carboxylic acid groups (broad SMARTS) is 1. The Balaban J connectivity index is 1.49. The van der Waals surface area contributed by atoms with Crippen molar-refractivity contribution in [3.8, 4) is 5.75 Å². The number of amides is 2. The summed E-state index contributed by atoms with van der Waals surface area (Å²) in [6.45, 7) is 1.01. The van der Waals surface area contributed by atoms with Crippen LogP contribution in [0.1, 0.15) is 29.0 Å². The summed E-state index contributed by atoms with van der Waals surface area (Å²) in [5.74, 6) is -1.01. The number of fused-ring (bicyclic) bond motifs is 1. The Labute approximate surface area is 191 Å². The predicted molar refractivity (Wildman–Crippen MR) is 126 cm³/mol. The molecule has 0 aliphatic carbocycles. The number of likely N-dealkylation sites (tertiary alicyclic amines) is 1. The molecule has 8 nitrogen and oxygen atoms in total. The molecule has 0 saturated carbocycles. The number of nitrogens with zero attached hydrogens (tertiary/aromatic N) is 1. The first kappa shape index (κ1) is 22.1. The second-order valence-corrected chi connectivity index (χ2v) is 8.29. The minimum absolute atomic E-state index is 0.00652. The maximum atomic E-state index is 12.0. The van der Waals surface area contributed by atoms with E-state index in [9.17, 15) is 14.7 Å². The average Bonchev–Trinajstić information content (AvgIpc) is 3.26. The number of nitrogen functional groups attached to an aromatic ring is 1. The number of nitrogens with one attached hydrogen (secondary N) is 1. The maximum Gasteiger partial charge on any atom is 0.314 e. The van der Waals surface area contributed by atoms with E-state index >= 15 is 0 Å². The van der Waals surface area contributed by atoms with Crippen LogP contribution in [0.15, 0.2) is 60.7 Å². The molecule has 3 aromatic carbocycles. The molecule has 2 amide bonds. The highest BCUT2D eigenvalue weighted by Crippen LogP contribution is 2.27. The third-order valence-electron chi connectivity index (χ3n) is 6.00. The maximum absolute atomic E-state index is 12.0. The Morgan fingerprint density at radius 2 is 1.79 bits per heavy atom. The molecular weight excluding hydrogens is 420 g/mol. The number of amidine groups is 1. The number of urea groups is 1. The van der Waals surface area contributed by atoms with Crippen LogP contribution in [-0.2, 0) is 11.2 Å². The average molecular weight is 447 g/mol. The molecule has 0 unspecified atom stereocenters. The topological polar surface area (TPSA) is 143 Å². The number of benzene rings is 3. The molecule has 1 aliphatic heterocycles. The van der Waals surface area contributed by atoms with Gasteiger partial charge in [-0.15, -0.1) is 0 Å². The quantitative estimate of drug-likeness (QED) is 0.326. The Morgan fingerprint density at radius 1 is 1.06 bits per heavy atom. The molecule has 6 N–H and O–H groups in total. The van der Waals surface area contributed by atoms with Gasteiger partial charge in [0.05, 0.1) is 12.5 Å². The Morgan fingerprint density at radius 3 is 2.42 bits per heavy atom. The second kappa shape index (κ2) is 9.20. The number of aliphatic carboxylic acids is 1. The molecule has 1 heterocycles. The van der Waals surface area contributed by atoms with Crippen LogP contribution in [0.3, 0.4) is 0 Å². The number of carbonyl (C=O) groups is 2. The van der Waals surface area contributed by atoms with Crippen molar-refractivity contribution in [3.63, 3.8) is 0 Å². The molecule has 8 heteroatoms. The summed E-state index contributed by atoms with van der Waals surface area (Å²) in [4.78, 5) is 24.9. The van der Waals surface area contributed by atoms with E-state index in [1.54, 1.807) is 35.2 Å². The van der Waals surface area contributed by atoms with Gasteiger partial charge in [-0.1, -0.05) is 42.5 Å². The highest BCUT2D eigenvalue weighted by Gasteiger charge is 2.26. The van der Waals surface area contributed by atoms with E-state index in [4.69, 9.17) is 21.6 Å². The molecule has 0 aromatic heterocycles. The first-order valence-electron chi connectivity index (χ1n) is 10.7. The second-order valence-electron chi connectivity index (χ2n) is 8.29. The highest BCUT2D eigenvalue weighted by atomic mass is 16.5. The van der Waals surface area contributed by atoms with Crippen molar-refractivity contribution in [1.29, 1.82) is 5.41 Å². The Bertz CT molecular complexity index is 1210. The van der Waals surface area contributed by atoms with Gasteiger partial charge in [-0.3, -0.25) is 10.2 Å². The molecule has 0 radical (unpaired) electrons. The molecule has 4 rings (SSSR count). The monoisotopic (exact) mass is 446 g/mol. The van der Waals surface area contributed by atoms with Crippen molar-refractivity contribution in [2.24, 2.45) is 11.5 Å². The van der Waals surface area contributed by atoms with Crippen LogP contribution in [0.4, 0.5) is 4.79 Å². The van der Waals surface area contributed by atoms with Gasteiger partial charge < -0.3 is 26.2 Å². The van der Waals surface area contributed by atoms with Crippen LogP contribution in [0, 0.1) is 5.41 Å². The van der Waals surface area contributed by atoms with Crippen molar-refractivity contribution in [3.05, 3.63) is 77.4 Å². The first-order chi connectivity index (χ1) is 15.8. The van der Waals surface area contributed by atoms with E-state index in [-0.39, 0.29) is 11.9 Å². The largest absolute Gasteiger partial charge is 0.489 e. The van der Waals surface area contributed by atoms with Gasteiger partial charge in [0, 0.05) is 18.5 Å². The van der Waals surface area contributed by atoms with Gasteiger partial charge in [0.25, 0.3) is 0 Å². The van der Waals surface area contributed by atoms with E-state index < -0.39 is 17.9 Å². The number of hydrogen-bond donors (Lipinski definition) is 4. The minimum Gasteiger partial charge on any atom is -0.489 e. The normalized spacial score (nSPS) is 16.5. The SMILES string of the molecule is N=C(N)c1ccc2ccc(C[C@H](C(=O)O)c3ccc(O[C@H]4CCN(C(N)=O)C4)cc3)cc2c1. The van der Waals surface area contributed by atoms with Crippen molar-refractivity contribution in [2.75, 3.05) is 13.1 Å². The summed E-state index contributed by atoms with van der Waals surface area (Å²) in [5.41, 5.74) is 13.1. The van der Waals surface area contributed by atoms with Crippen molar-refractivity contribution in [1.82, 2.24) is 4.90 Å². The third-order valence-corrected chi connectivity index (χ3v) is 6.00. The van der Waals surface area contributed by atoms with Gasteiger partial charge in [0.15, 0.2) is 0 Å². The van der Waals surface area contributed by atoms with Gasteiger partial charge in [-0.2, -0.15) is 0 Å². The van der Waals surface area contributed by atoms with Crippen LogP contribution >= 0.6 is 0 Å². The fraction of sp³-hybridized carbons (Fsp3) is 0.240. The lowest BCUT2D eigenvalue weighted by Gasteiger charge is -2.17. The predicted octanol–water partition coefficient (Wildman–Crippen LogP) is 3.07. The van der Waals surface area contributed by atoms with Crippen LogP contribution in [0.25, 0.3) is 10.8 Å².